The average Bonchev–Trinajstić information content (AvgIpc) is 2.75. The minimum atomic E-state index is 0.279. The van der Waals surface area contributed by atoms with Gasteiger partial charge in [-0.25, -0.2) is 9.97 Å². The number of benzene rings is 2. The number of ether oxygens (including phenoxy) is 2. The molecule has 156 valence electrons. The monoisotopic (exact) mass is 434 g/mol. The lowest BCUT2D eigenvalue weighted by atomic mass is 10.2. The number of aromatic nitrogens is 2. The van der Waals surface area contributed by atoms with Crippen molar-refractivity contribution in [1.29, 1.82) is 0 Å². The van der Waals surface area contributed by atoms with E-state index in [1.54, 1.807) is 54.9 Å². The molecule has 0 unspecified atom stereocenters. The number of halogens is 1. The third kappa shape index (κ3) is 6.54. The summed E-state index contributed by atoms with van der Waals surface area (Å²) in [5, 5.41) is 4.10. The van der Waals surface area contributed by atoms with Gasteiger partial charge in [-0.2, -0.15) is 0 Å². The molecule has 0 aliphatic carbocycles. The normalized spacial score (nSPS) is 10.3. The van der Waals surface area contributed by atoms with E-state index >= 15 is 0 Å². The summed E-state index contributed by atoms with van der Waals surface area (Å²) in [5.74, 6) is 6.34. The summed E-state index contributed by atoms with van der Waals surface area (Å²) in [6.45, 7) is 0.625. The molecule has 0 saturated carbocycles. The zero-order chi connectivity index (χ0) is 22.1. The van der Waals surface area contributed by atoms with Gasteiger partial charge < -0.3 is 14.4 Å². The molecule has 1 heterocycles. The summed E-state index contributed by atoms with van der Waals surface area (Å²) in [6, 6.07) is 12.1. The highest BCUT2D eigenvalue weighted by atomic mass is 35.5. The van der Waals surface area contributed by atoms with Crippen LogP contribution in [0.25, 0.3) is 21.5 Å². The molecule has 0 fully saturated rings. The molecule has 0 spiro atoms. The first-order valence-electron chi connectivity index (χ1n) is 9.27. The SMILES string of the molecule is CN(C)C=COCCOc1nc2ccc(Cl)cc2nc1C#Cc1ccc(N=[N+]=[N-])cc1. The zero-order valence-corrected chi connectivity index (χ0v) is 17.7. The summed E-state index contributed by atoms with van der Waals surface area (Å²) < 4.78 is 11.2. The van der Waals surface area contributed by atoms with Crippen LogP contribution in [-0.2, 0) is 4.74 Å². The lowest BCUT2D eigenvalue weighted by molar-refractivity contribution is 0.172. The van der Waals surface area contributed by atoms with Crippen molar-refractivity contribution >= 4 is 28.3 Å². The van der Waals surface area contributed by atoms with Crippen molar-refractivity contribution < 1.29 is 9.47 Å². The van der Waals surface area contributed by atoms with Crippen molar-refractivity contribution in [3.8, 4) is 17.7 Å². The van der Waals surface area contributed by atoms with Crippen LogP contribution in [0.5, 0.6) is 5.88 Å². The molecule has 2 aromatic carbocycles. The average molecular weight is 435 g/mol. The molecule has 0 aliphatic rings. The van der Waals surface area contributed by atoms with Gasteiger partial charge in [0, 0.05) is 41.5 Å². The Morgan fingerprint density at radius 2 is 1.90 bits per heavy atom. The number of hydrogen-bond donors (Lipinski definition) is 0. The molecular weight excluding hydrogens is 416 g/mol. The predicted molar refractivity (Wildman–Crippen MR) is 120 cm³/mol. The lowest BCUT2D eigenvalue weighted by Gasteiger charge is -2.09. The van der Waals surface area contributed by atoms with E-state index in [9.17, 15) is 0 Å². The molecular formula is C22H19ClN6O2. The first-order chi connectivity index (χ1) is 15.0. The van der Waals surface area contributed by atoms with E-state index in [-0.39, 0.29) is 6.61 Å². The molecule has 0 amide bonds. The third-order valence-electron chi connectivity index (χ3n) is 3.84. The van der Waals surface area contributed by atoms with Crippen molar-refractivity contribution in [1.82, 2.24) is 14.9 Å². The minimum absolute atomic E-state index is 0.279. The Hall–Kier alpha value is -3.92. The molecule has 0 bridgehead atoms. The van der Waals surface area contributed by atoms with Crippen molar-refractivity contribution in [3.05, 3.63) is 81.6 Å². The molecule has 8 nitrogen and oxygen atoms in total. The van der Waals surface area contributed by atoms with Crippen LogP contribution < -0.4 is 4.74 Å². The largest absolute Gasteiger partial charge is 0.496 e. The van der Waals surface area contributed by atoms with E-state index in [1.165, 1.54) is 0 Å². The summed E-state index contributed by atoms with van der Waals surface area (Å²) in [7, 11) is 3.81. The molecule has 1 aromatic heterocycles. The van der Waals surface area contributed by atoms with Gasteiger partial charge >= 0.3 is 0 Å². The Morgan fingerprint density at radius 1 is 1.10 bits per heavy atom. The number of fused-ring (bicyclic) bond motifs is 1. The molecule has 3 rings (SSSR count). The van der Waals surface area contributed by atoms with Crippen molar-refractivity contribution in [2.75, 3.05) is 27.3 Å². The van der Waals surface area contributed by atoms with Gasteiger partial charge in [0.05, 0.1) is 17.3 Å². The Morgan fingerprint density at radius 3 is 2.65 bits per heavy atom. The van der Waals surface area contributed by atoms with E-state index in [2.05, 4.69) is 31.8 Å². The van der Waals surface area contributed by atoms with E-state index in [0.29, 0.717) is 39.9 Å². The van der Waals surface area contributed by atoms with Gasteiger partial charge in [-0.15, -0.1) is 0 Å². The molecule has 0 radical (unpaired) electrons. The fourth-order valence-electron chi connectivity index (χ4n) is 2.41. The van der Waals surface area contributed by atoms with E-state index < -0.39 is 0 Å². The molecule has 0 aliphatic heterocycles. The van der Waals surface area contributed by atoms with Crippen LogP contribution in [0, 0.1) is 11.8 Å². The minimum Gasteiger partial charge on any atom is -0.496 e. The topological polar surface area (TPSA) is 96.2 Å². The van der Waals surface area contributed by atoms with Gasteiger partial charge in [0.25, 0.3) is 0 Å². The number of azide groups is 1. The van der Waals surface area contributed by atoms with Crippen LogP contribution in [0.4, 0.5) is 5.69 Å². The van der Waals surface area contributed by atoms with Crippen LogP contribution in [0.3, 0.4) is 0 Å². The molecule has 0 N–H and O–H groups in total. The molecule has 0 atom stereocenters. The van der Waals surface area contributed by atoms with Crippen LogP contribution in [-0.4, -0.2) is 42.2 Å². The second-order valence-corrected chi connectivity index (χ2v) is 6.90. The van der Waals surface area contributed by atoms with Gasteiger partial charge in [0.15, 0.2) is 5.69 Å². The smallest absolute Gasteiger partial charge is 0.249 e. The highest BCUT2D eigenvalue weighted by Gasteiger charge is 2.09. The van der Waals surface area contributed by atoms with Crippen LogP contribution in [0.1, 0.15) is 11.3 Å². The maximum absolute atomic E-state index is 8.50. The van der Waals surface area contributed by atoms with E-state index in [1.807, 2.05) is 19.0 Å². The van der Waals surface area contributed by atoms with Crippen molar-refractivity contribution in [2.45, 2.75) is 0 Å². The van der Waals surface area contributed by atoms with Crippen LogP contribution >= 0.6 is 11.6 Å². The fourth-order valence-corrected chi connectivity index (χ4v) is 2.57. The quantitative estimate of drug-likeness (QED) is 0.129. The fraction of sp³-hybridized carbons (Fsp3) is 0.182. The predicted octanol–water partition coefficient (Wildman–Crippen LogP) is 5.05. The van der Waals surface area contributed by atoms with Gasteiger partial charge in [0.1, 0.15) is 13.2 Å². The number of rotatable bonds is 7. The highest BCUT2D eigenvalue weighted by Crippen LogP contribution is 2.21. The lowest BCUT2D eigenvalue weighted by Crippen LogP contribution is -2.08. The second kappa shape index (κ2) is 10.7. The van der Waals surface area contributed by atoms with E-state index in [4.69, 9.17) is 26.6 Å². The summed E-state index contributed by atoms with van der Waals surface area (Å²) in [4.78, 5) is 13.7. The Labute approximate surface area is 184 Å². The summed E-state index contributed by atoms with van der Waals surface area (Å²) in [6.07, 6.45) is 3.39. The van der Waals surface area contributed by atoms with Gasteiger partial charge in [-0.1, -0.05) is 34.8 Å². The van der Waals surface area contributed by atoms with Crippen LogP contribution in [0.15, 0.2) is 60.0 Å². The molecule has 3 aromatic rings. The molecule has 31 heavy (non-hydrogen) atoms. The van der Waals surface area contributed by atoms with E-state index in [0.717, 1.165) is 5.56 Å². The first kappa shape index (κ1) is 21.8. The standard InChI is InChI=1S/C22H19ClN6O2/c1-29(2)11-12-30-13-14-31-22-20(25-21-15-17(23)6-10-19(21)26-22)9-5-16-3-7-18(8-4-16)27-28-24/h3-4,6-8,10-12,15H,13-14H2,1-2H3. The second-order valence-electron chi connectivity index (χ2n) is 6.46. The van der Waals surface area contributed by atoms with Gasteiger partial charge in [0.2, 0.25) is 5.88 Å². The van der Waals surface area contributed by atoms with Crippen molar-refractivity contribution in [3.63, 3.8) is 0 Å². The van der Waals surface area contributed by atoms with Crippen LogP contribution in [0.2, 0.25) is 5.02 Å². The molecule has 9 heteroatoms. The highest BCUT2D eigenvalue weighted by molar-refractivity contribution is 6.31. The summed E-state index contributed by atoms with van der Waals surface area (Å²) >= 11 is 6.08. The third-order valence-corrected chi connectivity index (χ3v) is 4.08. The number of hydrogen-bond acceptors (Lipinski definition) is 6. The maximum Gasteiger partial charge on any atom is 0.249 e. The van der Waals surface area contributed by atoms with Gasteiger partial charge in [-0.3, -0.25) is 0 Å². The van der Waals surface area contributed by atoms with Gasteiger partial charge in [-0.05, 0) is 41.8 Å². The first-order valence-corrected chi connectivity index (χ1v) is 9.65. The zero-order valence-electron chi connectivity index (χ0n) is 17.0. The Kier molecular flexibility index (Phi) is 7.55. The molecule has 0 saturated heterocycles. The Bertz CT molecular complexity index is 1190. The number of nitrogens with zero attached hydrogens (tertiary/aromatic N) is 6. The summed E-state index contributed by atoms with van der Waals surface area (Å²) in [5.41, 5.74) is 11.4. The Balaban J connectivity index is 1.83. The maximum atomic E-state index is 8.50. The van der Waals surface area contributed by atoms with Crippen molar-refractivity contribution in [2.24, 2.45) is 5.11 Å².